The quantitative estimate of drug-likeness (QED) is 0.439. The summed E-state index contributed by atoms with van der Waals surface area (Å²) in [6, 6.07) is 3.68. The van der Waals surface area contributed by atoms with Gasteiger partial charge in [-0.15, -0.1) is 0 Å². The number of fused-ring (bicyclic) bond motifs is 6. The number of pyridine rings is 1. The van der Waals surface area contributed by atoms with Gasteiger partial charge in [-0.1, -0.05) is 0 Å². The van der Waals surface area contributed by atoms with Crippen LogP contribution in [-0.2, 0) is 19.8 Å². The van der Waals surface area contributed by atoms with Gasteiger partial charge in [-0.05, 0) is 12.5 Å². The van der Waals surface area contributed by atoms with Crippen molar-refractivity contribution in [1.82, 2.24) is 34.4 Å². The van der Waals surface area contributed by atoms with Crippen LogP contribution in [0, 0.1) is 11.3 Å². The van der Waals surface area contributed by atoms with Gasteiger partial charge in [0.2, 0.25) is 0 Å². The van der Waals surface area contributed by atoms with Gasteiger partial charge in [0.25, 0.3) is 5.91 Å². The van der Waals surface area contributed by atoms with Crippen LogP contribution in [0.5, 0.6) is 0 Å². The molecule has 0 aliphatic carbocycles. The molecule has 12 heteroatoms. The molecule has 4 aromatic rings. The summed E-state index contributed by atoms with van der Waals surface area (Å²) in [5, 5.41) is 18.2. The Labute approximate surface area is 185 Å². The number of aromatic nitrogens is 6. The zero-order valence-corrected chi connectivity index (χ0v) is 17.6. The number of rotatable bonds is 0. The van der Waals surface area contributed by atoms with Crippen molar-refractivity contribution in [3.63, 3.8) is 0 Å². The fourth-order valence-corrected chi connectivity index (χ4v) is 4.13. The average molecular weight is 454 g/mol. The van der Waals surface area contributed by atoms with E-state index in [-0.39, 0.29) is 35.6 Å². The van der Waals surface area contributed by atoms with E-state index in [0.29, 0.717) is 28.6 Å². The molecule has 1 aliphatic heterocycles. The Kier molecular flexibility index (Phi) is 4.52. The highest BCUT2D eigenvalue weighted by Crippen LogP contribution is 2.40. The molecule has 0 spiro atoms. The highest BCUT2D eigenvalue weighted by molar-refractivity contribution is 6.02. The molecule has 4 aromatic heterocycles. The van der Waals surface area contributed by atoms with Crippen molar-refractivity contribution in [3.8, 4) is 28.3 Å². The Bertz CT molecular complexity index is 1450. The van der Waals surface area contributed by atoms with Crippen LogP contribution in [0.3, 0.4) is 0 Å². The fraction of sp³-hybridized carbons (Fsp3) is 0.286. The molecular weight excluding hydrogens is 437 g/mol. The summed E-state index contributed by atoms with van der Waals surface area (Å²) in [7, 11) is 3.14. The Morgan fingerprint density at radius 2 is 1.97 bits per heavy atom. The van der Waals surface area contributed by atoms with Gasteiger partial charge in [0.05, 0.1) is 5.56 Å². The minimum absolute atomic E-state index is 0.0684. The maximum absolute atomic E-state index is 13.8. The Balaban J connectivity index is 1.83. The number of alkyl halides is 3. The first kappa shape index (κ1) is 20.7. The van der Waals surface area contributed by atoms with Crippen LogP contribution in [0.15, 0.2) is 24.7 Å². The van der Waals surface area contributed by atoms with E-state index >= 15 is 0 Å². The van der Waals surface area contributed by atoms with Crippen molar-refractivity contribution in [2.24, 2.45) is 7.05 Å². The third kappa shape index (κ3) is 3.24. The van der Waals surface area contributed by atoms with Crippen molar-refractivity contribution < 1.29 is 18.0 Å². The minimum Gasteiger partial charge on any atom is -0.346 e. The zero-order chi connectivity index (χ0) is 23.5. The highest BCUT2D eigenvalue weighted by Gasteiger charge is 2.38. The molecule has 0 radical (unpaired) electrons. The summed E-state index contributed by atoms with van der Waals surface area (Å²) >= 11 is 0. The molecule has 1 N–H and O–H groups in total. The van der Waals surface area contributed by atoms with Crippen molar-refractivity contribution in [3.05, 3.63) is 41.7 Å². The van der Waals surface area contributed by atoms with E-state index in [1.165, 1.54) is 32.9 Å². The number of aromatic amines is 1. The predicted molar refractivity (Wildman–Crippen MR) is 111 cm³/mol. The van der Waals surface area contributed by atoms with E-state index in [1.54, 1.807) is 20.2 Å². The number of aryl methyl sites for hydroxylation is 2. The Morgan fingerprint density at radius 3 is 2.70 bits per heavy atom. The van der Waals surface area contributed by atoms with Gasteiger partial charge in [-0.3, -0.25) is 14.2 Å². The molecule has 0 saturated carbocycles. The van der Waals surface area contributed by atoms with Crippen LogP contribution < -0.4 is 0 Å². The summed E-state index contributed by atoms with van der Waals surface area (Å²) < 4.78 is 44.0. The normalized spacial score (nSPS) is 14.4. The maximum atomic E-state index is 13.8. The Hall–Kier alpha value is -4.14. The lowest BCUT2D eigenvalue weighted by Gasteiger charge is -2.17. The standard InChI is InChI=1S/C21H17F3N8O/c1-30-4-3-5-32-10-14(18(29-32)21(22,23)24)13-9-27-19-12(13)6-11(8-26-19)16-15(7-25)31(2)28-17(16)20(30)33/h6,8-10H,3-5H2,1-2H3,(H,26,27). The van der Waals surface area contributed by atoms with E-state index in [0.717, 1.165) is 0 Å². The zero-order valence-electron chi connectivity index (χ0n) is 17.6. The van der Waals surface area contributed by atoms with Gasteiger partial charge in [-0.2, -0.15) is 28.6 Å². The lowest BCUT2D eigenvalue weighted by atomic mass is 10.0. The highest BCUT2D eigenvalue weighted by atomic mass is 19.4. The molecule has 4 bridgehead atoms. The van der Waals surface area contributed by atoms with Crippen molar-refractivity contribution >= 4 is 16.9 Å². The SMILES string of the molecule is CN1CCCn2cc(c(C(F)(F)F)n2)-c2c[nH]c3ncc(cc23)-c2c(nn(C)c2C#N)C1=O. The Morgan fingerprint density at radius 1 is 1.18 bits per heavy atom. The number of amides is 1. The molecule has 5 heterocycles. The predicted octanol–water partition coefficient (Wildman–Crippen LogP) is 3.19. The van der Waals surface area contributed by atoms with Crippen molar-refractivity contribution in [2.75, 3.05) is 13.6 Å². The van der Waals surface area contributed by atoms with Crippen LogP contribution in [0.2, 0.25) is 0 Å². The molecule has 0 aromatic carbocycles. The molecule has 1 aliphatic rings. The van der Waals surface area contributed by atoms with Crippen LogP contribution in [0.25, 0.3) is 33.3 Å². The van der Waals surface area contributed by atoms with Gasteiger partial charge >= 0.3 is 6.18 Å². The number of nitrogens with zero attached hydrogens (tertiary/aromatic N) is 7. The topological polar surface area (TPSA) is 108 Å². The van der Waals surface area contributed by atoms with E-state index < -0.39 is 17.8 Å². The van der Waals surface area contributed by atoms with E-state index in [2.05, 4.69) is 26.2 Å². The first-order chi connectivity index (χ1) is 15.7. The molecular formula is C21H17F3N8O. The molecule has 5 rings (SSSR count). The summed E-state index contributed by atoms with van der Waals surface area (Å²) in [6.45, 7) is 0.449. The minimum atomic E-state index is -4.65. The second kappa shape index (κ2) is 7.19. The number of carbonyl (C=O) groups is 1. The summed E-state index contributed by atoms with van der Waals surface area (Å²) in [5.41, 5.74) is 0.526. The smallest absolute Gasteiger partial charge is 0.346 e. The average Bonchev–Trinajstić information content (AvgIpc) is 3.46. The molecule has 0 fully saturated rings. The number of carbonyl (C=O) groups excluding carboxylic acids is 1. The lowest BCUT2D eigenvalue weighted by molar-refractivity contribution is -0.141. The van der Waals surface area contributed by atoms with Crippen molar-refractivity contribution in [1.29, 1.82) is 5.26 Å². The van der Waals surface area contributed by atoms with Gasteiger partial charge < -0.3 is 9.88 Å². The van der Waals surface area contributed by atoms with E-state index in [1.807, 2.05) is 0 Å². The molecule has 9 nitrogen and oxygen atoms in total. The lowest BCUT2D eigenvalue weighted by Crippen LogP contribution is -2.29. The third-order valence-electron chi connectivity index (χ3n) is 5.72. The molecule has 0 unspecified atom stereocenters. The van der Waals surface area contributed by atoms with Crippen molar-refractivity contribution in [2.45, 2.75) is 19.1 Å². The second-order valence-corrected chi connectivity index (χ2v) is 7.86. The number of nitriles is 1. The van der Waals surface area contributed by atoms with Crippen LogP contribution in [0.4, 0.5) is 13.2 Å². The van der Waals surface area contributed by atoms with E-state index in [4.69, 9.17) is 0 Å². The molecule has 1 amide bonds. The van der Waals surface area contributed by atoms with Gasteiger partial charge in [0.15, 0.2) is 11.4 Å². The fourth-order valence-electron chi connectivity index (χ4n) is 4.13. The second-order valence-electron chi connectivity index (χ2n) is 7.86. The molecule has 0 atom stereocenters. The van der Waals surface area contributed by atoms with Gasteiger partial charge in [0.1, 0.15) is 17.4 Å². The monoisotopic (exact) mass is 454 g/mol. The first-order valence-corrected chi connectivity index (χ1v) is 10.0. The largest absolute Gasteiger partial charge is 0.435 e. The number of hydrogen-bond donors (Lipinski definition) is 1. The number of halogens is 3. The third-order valence-corrected chi connectivity index (χ3v) is 5.72. The van der Waals surface area contributed by atoms with E-state index in [9.17, 15) is 23.2 Å². The van der Waals surface area contributed by atoms with Gasteiger partial charge in [0, 0.05) is 67.9 Å². The van der Waals surface area contributed by atoms with Gasteiger partial charge in [-0.25, -0.2) is 4.98 Å². The van der Waals surface area contributed by atoms with Crippen LogP contribution in [0.1, 0.15) is 28.3 Å². The molecule has 0 saturated heterocycles. The van der Waals surface area contributed by atoms with Crippen LogP contribution >= 0.6 is 0 Å². The summed E-state index contributed by atoms with van der Waals surface area (Å²) in [4.78, 5) is 21.8. The number of nitrogens with one attached hydrogen (secondary N) is 1. The maximum Gasteiger partial charge on any atom is 0.435 e. The molecule has 168 valence electrons. The summed E-state index contributed by atoms with van der Waals surface area (Å²) in [5.74, 6) is -0.398. The number of H-pyrrole nitrogens is 1. The first-order valence-electron chi connectivity index (χ1n) is 10.0. The van der Waals surface area contributed by atoms with Crippen LogP contribution in [-0.4, -0.2) is 53.9 Å². The number of hydrogen-bond acceptors (Lipinski definition) is 5. The molecule has 33 heavy (non-hydrogen) atoms. The summed E-state index contributed by atoms with van der Waals surface area (Å²) in [6.07, 6.45) is 0.0149.